The molecule has 7 nitrogen and oxygen atoms in total. The van der Waals surface area contributed by atoms with E-state index in [9.17, 15) is 4.79 Å². The maximum Gasteiger partial charge on any atom is 0.256 e. The van der Waals surface area contributed by atoms with Crippen LogP contribution in [0.25, 0.3) is 0 Å². The number of para-hydroxylation sites is 1. The number of rotatable bonds is 9. The molecule has 7 heteroatoms. The van der Waals surface area contributed by atoms with Crippen LogP contribution in [0.4, 0.5) is 0 Å². The molecule has 2 aromatic rings. The number of nitrogens with one attached hydrogen (secondary N) is 1. The summed E-state index contributed by atoms with van der Waals surface area (Å²) in [6.45, 7) is 5.52. The van der Waals surface area contributed by atoms with Crippen LogP contribution in [0.2, 0.25) is 0 Å². The molecule has 0 saturated carbocycles. The van der Waals surface area contributed by atoms with E-state index in [-0.39, 0.29) is 17.4 Å². The van der Waals surface area contributed by atoms with Crippen molar-refractivity contribution in [3.8, 4) is 17.4 Å². The van der Waals surface area contributed by atoms with Crippen LogP contribution >= 0.6 is 0 Å². The molecule has 0 aliphatic carbocycles. The number of fused-ring (bicyclic) bond motifs is 1. The van der Waals surface area contributed by atoms with E-state index in [2.05, 4.69) is 24.1 Å². The van der Waals surface area contributed by atoms with Crippen LogP contribution in [0, 0.1) is 0 Å². The van der Waals surface area contributed by atoms with Gasteiger partial charge in [-0.05, 0) is 32.0 Å². The molecule has 28 heavy (non-hydrogen) atoms. The van der Waals surface area contributed by atoms with Gasteiger partial charge in [-0.25, -0.2) is 4.98 Å². The Morgan fingerprint density at radius 2 is 2.04 bits per heavy atom. The number of hydrogen-bond donors (Lipinski definition) is 1. The Morgan fingerprint density at radius 1 is 1.18 bits per heavy atom. The van der Waals surface area contributed by atoms with Crippen molar-refractivity contribution in [2.75, 3.05) is 33.5 Å². The van der Waals surface area contributed by atoms with Gasteiger partial charge in [0, 0.05) is 25.3 Å². The Labute approximate surface area is 165 Å². The van der Waals surface area contributed by atoms with Crippen LogP contribution in [0.1, 0.15) is 29.8 Å². The van der Waals surface area contributed by atoms with E-state index in [0.717, 1.165) is 17.7 Å². The molecule has 1 aliphatic heterocycles. The normalized spacial score (nSPS) is 14.1. The molecule has 150 valence electrons. The monoisotopic (exact) mass is 386 g/mol. The van der Waals surface area contributed by atoms with Gasteiger partial charge < -0.3 is 24.3 Å². The van der Waals surface area contributed by atoms with Crippen molar-refractivity contribution in [2.45, 2.75) is 25.9 Å². The first kappa shape index (κ1) is 19.9. The van der Waals surface area contributed by atoms with Gasteiger partial charge in [-0.2, -0.15) is 0 Å². The van der Waals surface area contributed by atoms with Crippen molar-refractivity contribution >= 4 is 5.91 Å². The molecule has 1 aliphatic rings. The summed E-state index contributed by atoms with van der Waals surface area (Å²) in [5.41, 5.74) is 1.29. The van der Waals surface area contributed by atoms with E-state index in [1.807, 2.05) is 18.2 Å². The van der Waals surface area contributed by atoms with Gasteiger partial charge in [-0.3, -0.25) is 4.79 Å². The second kappa shape index (κ2) is 8.93. The quantitative estimate of drug-likeness (QED) is 0.668. The average Bonchev–Trinajstić information content (AvgIpc) is 3.00. The molecule has 2 heterocycles. The molecule has 1 amide bonds. The minimum absolute atomic E-state index is 0.227. The van der Waals surface area contributed by atoms with Crippen LogP contribution in [-0.2, 0) is 11.2 Å². The summed E-state index contributed by atoms with van der Waals surface area (Å²) in [5.74, 6) is 1.51. The third kappa shape index (κ3) is 4.92. The zero-order chi connectivity index (χ0) is 20.0. The van der Waals surface area contributed by atoms with Crippen molar-refractivity contribution in [3.05, 3.63) is 47.7 Å². The zero-order valence-corrected chi connectivity index (χ0v) is 16.5. The van der Waals surface area contributed by atoms with Gasteiger partial charge in [0.2, 0.25) is 5.88 Å². The number of nitrogens with zero attached hydrogens (tertiary/aromatic N) is 1. The molecule has 0 spiro atoms. The van der Waals surface area contributed by atoms with Crippen LogP contribution in [0.15, 0.2) is 36.5 Å². The number of carbonyl (C=O) groups excluding carboxylic acids is 1. The maximum atomic E-state index is 12.4. The van der Waals surface area contributed by atoms with E-state index < -0.39 is 0 Å². The van der Waals surface area contributed by atoms with Crippen molar-refractivity contribution in [1.82, 2.24) is 10.3 Å². The molecule has 1 aromatic heterocycles. The van der Waals surface area contributed by atoms with Gasteiger partial charge in [0.15, 0.2) is 11.5 Å². The topological polar surface area (TPSA) is 78.9 Å². The molecule has 0 atom stereocenters. The Balaban J connectivity index is 1.52. The number of carbonyl (C=O) groups is 1. The zero-order valence-electron chi connectivity index (χ0n) is 16.5. The molecule has 0 unspecified atom stereocenters. The number of ether oxygens (including phenoxy) is 4. The SMILES string of the molecule is COCCOc1ncccc1C(=O)NCCOc1cccc2c1OC(C)(C)C2. The second-order valence-electron chi connectivity index (χ2n) is 7.08. The fourth-order valence-electron chi connectivity index (χ4n) is 3.02. The fourth-order valence-corrected chi connectivity index (χ4v) is 3.02. The second-order valence-corrected chi connectivity index (χ2v) is 7.08. The number of amides is 1. The third-order valence-electron chi connectivity index (χ3n) is 4.24. The molecular formula is C21H26N2O5. The van der Waals surface area contributed by atoms with Crippen molar-refractivity contribution in [2.24, 2.45) is 0 Å². The molecule has 3 rings (SSSR count). The first-order valence-electron chi connectivity index (χ1n) is 9.29. The van der Waals surface area contributed by atoms with E-state index >= 15 is 0 Å². The summed E-state index contributed by atoms with van der Waals surface area (Å²) in [4.78, 5) is 16.6. The molecule has 1 N–H and O–H groups in total. The average molecular weight is 386 g/mol. The molecule has 0 saturated heterocycles. The highest BCUT2D eigenvalue weighted by atomic mass is 16.5. The van der Waals surface area contributed by atoms with Crippen LogP contribution in [-0.4, -0.2) is 50.0 Å². The third-order valence-corrected chi connectivity index (χ3v) is 4.24. The number of aromatic nitrogens is 1. The summed E-state index contributed by atoms with van der Waals surface area (Å²) in [5, 5.41) is 2.83. The van der Waals surface area contributed by atoms with E-state index in [4.69, 9.17) is 18.9 Å². The summed E-state index contributed by atoms with van der Waals surface area (Å²) >= 11 is 0. The number of hydrogen-bond acceptors (Lipinski definition) is 6. The van der Waals surface area contributed by atoms with Crippen LogP contribution in [0.5, 0.6) is 17.4 Å². The van der Waals surface area contributed by atoms with E-state index in [1.165, 1.54) is 0 Å². The Morgan fingerprint density at radius 3 is 2.86 bits per heavy atom. The Hall–Kier alpha value is -2.80. The van der Waals surface area contributed by atoms with Gasteiger partial charge >= 0.3 is 0 Å². The smallest absolute Gasteiger partial charge is 0.256 e. The highest BCUT2D eigenvalue weighted by molar-refractivity contribution is 5.96. The highest BCUT2D eigenvalue weighted by Gasteiger charge is 2.32. The van der Waals surface area contributed by atoms with Gasteiger partial charge in [-0.1, -0.05) is 12.1 Å². The highest BCUT2D eigenvalue weighted by Crippen LogP contribution is 2.41. The van der Waals surface area contributed by atoms with Gasteiger partial charge in [0.1, 0.15) is 24.4 Å². The van der Waals surface area contributed by atoms with Gasteiger partial charge in [0.05, 0.1) is 13.2 Å². The van der Waals surface area contributed by atoms with E-state index in [0.29, 0.717) is 37.7 Å². The minimum atomic E-state index is -0.264. The summed E-state index contributed by atoms with van der Waals surface area (Å²) in [6, 6.07) is 9.25. The molecule has 0 radical (unpaired) electrons. The molecule has 0 bridgehead atoms. The van der Waals surface area contributed by atoms with E-state index in [1.54, 1.807) is 25.4 Å². The standard InChI is InChI=1S/C21H26N2O5/c1-21(2)14-15-6-4-8-17(18(15)28-21)26-11-10-22-19(24)16-7-5-9-23-20(16)27-13-12-25-3/h4-9H,10-14H2,1-3H3,(H,22,24). The van der Waals surface area contributed by atoms with Crippen LogP contribution < -0.4 is 19.5 Å². The summed E-state index contributed by atoms with van der Waals surface area (Å²) in [7, 11) is 1.59. The lowest BCUT2D eigenvalue weighted by Gasteiger charge is -2.18. The lowest BCUT2D eigenvalue weighted by atomic mass is 10.0. The number of benzene rings is 1. The Kier molecular flexibility index (Phi) is 6.36. The molecular weight excluding hydrogens is 360 g/mol. The predicted octanol–water partition coefficient (Wildman–Crippen LogP) is 2.63. The number of pyridine rings is 1. The van der Waals surface area contributed by atoms with Gasteiger partial charge in [-0.15, -0.1) is 0 Å². The summed E-state index contributed by atoms with van der Waals surface area (Å²) in [6.07, 6.45) is 2.43. The lowest BCUT2D eigenvalue weighted by Crippen LogP contribution is -2.29. The first-order valence-corrected chi connectivity index (χ1v) is 9.29. The molecule has 1 aromatic carbocycles. The van der Waals surface area contributed by atoms with Crippen molar-refractivity contribution in [3.63, 3.8) is 0 Å². The minimum Gasteiger partial charge on any atom is -0.488 e. The largest absolute Gasteiger partial charge is 0.488 e. The summed E-state index contributed by atoms with van der Waals surface area (Å²) < 4.78 is 22.3. The lowest BCUT2D eigenvalue weighted by molar-refractivity contribution is 0.0937. The van der Waals surface area contributed by atoms with Crippen molar-refractivity contribution < 1.29 is 23.7 Å². The first-order chi connectivity index (χ1) is 13.5. The predicted molar refractivity (Wildman–Crippen MR) is 104 cm³/mol. The Bertz CT molecular complexity index is 822. The van der Waals surface area contributed by atoms with Crippen LogP contribution in [0.3, 0.4) is 0 Å². The van der Waals surface area contributed by atoms with Crippen molar-refractivity contribution in [1.29, 1.82) is 0 Å². The fraction of sp³-hybridized carbons (Fsp3) is 0.429. The van der Waals surface area contributed by atoms with Gasteiger partial charge in [0.25, 0.3) is 5.91 Å². The molecule has 0 fully saturated rings. The number of methoxy groups -OCH3 is 1. The maximum absolute atomic E-state index is 12.4.